The van der Waals surface area contributed by atoms with Crippen LogP contribution in [0.25, 0.3) is 22.0 Å². The van der Waals surface area contributed by atoms with Crippen molar-refractivity contribution >= 4 is 16.9 Å². The van der Waals surface area contributed by atoms with Crippen LogP contribution >= 0.6 is 0 Å². The summed E-state index contributed by atoms with van der Waals surface area (Å²) in [6.45, 7) is 2.22. The molecule has 0 fully saturated rings. The van der Waals surface area contributed by atoms with Crippen molar-refractivity contribution in [3.8, 4) is 11.1 Å². The molecule has 2 aromatic heterocycles. The largest absolute Gasteiger partial charge is 0.480 e. The molecular formula is C28H27FN2O3. The molecule has 0 atom stereocenters. The Balaban J connectivity index is 1.72. The highest BCUT2D eigenvalue weighted by Gasteiger charge is 2.25. The molecule has 1 aliphatic carbocycles. The Bertz CT molecular complexity index is 1450. The minimum Gasteiger partial charge on any atom is -0.480 e. The molecule has 1 N–H and O–H groups in total. The zero-order chi connectivity index (χ0) is 23.8. The lowest BCUT2D eigenvalue weighted by Crippen LogP contribution is -2.28. The number of aryl methyl sites for hydroxylation is 2. The molecule has 34 heavy (non-hydrogen) atoms. The molecule has 4 aromatic rings. The van der Waals surface area contributed by atoms with Gasteiger partial charge in [-0.05, 0) is 68.4 Å². The number of carboxylic acids is 1. The summed E-state index contributed by atoms with van der Waals surface area (Å²) in [5.74, 6) is -1.32. The van der Waals surface area contributed by atoms with Gasteiger partial charge in [-0.2, -0.15) is 0 Å². The lowest BCUT2D eigenvalue weighted by molar-refractivity contribution is -0.137. The monoisotopic (exact) mass is 458 g/mol. The van der Waals surface area contributed by atoms with Crippen molar-refractivity contribution in [2.24, 2.45) is 0 Å². The average molecular weight is 459 g/mol. The molecule has 0 saturated carbocycles. The maximum absolute atomic E-state index is 14.3. The van der Waals surface area contributed by atoms with Gasteiger partial charge in [0, 0.05) is 46.0 Å². The molecule has 0 bridgehead atoms. The molecule has 5 nitrogen and oxygen atoms in total. The maximum Gasteiger partial charge on any atom is 0.323 e. The number of fused-ring (bicyclic) bond motifs is 2. The van der Waals surface area contributed by atoms with Crippen LogP contribution in [-0.4, -0.2) is 20.2 Å². The molecule has 0 radical (unpaired) electrons. The fraction of sp³-hybridized carbons (Fsp3) is 0.286. The van der Waals surface area contributed by atoms with Crippen LogP contribution in [0.2, 0.25) is 0 Å². The predicted molar refractivity (Wildman–Crippen MR) is 131 cm³/mol. The molecule has 5 rings (SSSR count). The van der Waals surface area contributed by atoms with Gasteiger partial charge in [0.25, 0.3) is 5.56 Å². The summed E-state index contributed by atoms with van der Waals surface area (Å²) in [4.78, 5) is 25.0. The Morgan fingerprint density at radius 1 is 1.06 bits per heavy atom. The van der Waals surface area contributed by atoms with Gasteiger partial charge >= 0.3 is 5.97 Å². The molecule has 0 saturated heterocycles. The topological polar surface area (TPSA) is 64.2 Å². The second-order valence-corrected chi connectivity index (χ2v) is 9.04. The van der Waals surface area contributed by atoms with Crippen LogP contribution in [0.3, 0.4) is 0 Å². The summed E-state index contributed by atoms with van der Waals surface area (Å²) in [5.41, 5.74) is 6.26. The third-order valence-corrected chi connectivity index (χ3v) is 6.93. The Hall–Kier alpha value is -3.67. The number of pyridine rings is 1. The first kappa shape index (κ1) is 22.1. The predicted octanol–water partition coefficient (Wildman–Crippen LogP) is 5.12. The number of hydrogen-bond acceptors (Lipinski definition) is 2. The molecule has 1 aliphatic rings. The van der Waals surface area contributed by atoms with Gasteiger partial charge in [-0.25, -0.2) is 4.39 Å². The van der Waals surface area contributed by atoms with Crippen LogP contribution in [0.15, 0.2) is 59.5 Å². The fourth-order valence-electron chi connectivity index (χ4n) is 5.31. The van der Waals surface area contributed by atoms with E-state index >= 15 is 0 Å². The van der Waals surface area contributed by atoms with Gasteiger partial charge < -0.3 is 14.2 Å². The second kappa shape index (κ2) is 8.93. The van der Waals surface area contributed by atoms with E-state index in [4.69, 9.17) is 0 Å². The van der Waals surface area contributed by atoms with Crippen molar-refractivity contribution in [1.82, 2.24) is 9.13 Å². The minimum atomic E-state index is -0.953. The Labute approximate surface area is 197 Å². The Kier molecular flexibility index (Phi) is 5.82. The second-order valence-electron chi connectivity index (χ2n) is 9.04. The van der Waals surface area contributed by atoms with E-state index < -0.39 is 5.97 Å². The average Bonchev–Trinajstić information content (AvgIpc) is 3.09. The molecule has 0 aliphatic heterocycles. The number of benzene rings is 2. The van der Waals surface area contributed by atoms with Gasteiger partial charge in [0.2, 0.25) is 0 Å². The third-order valence-electron chi connectivity index (χ3n) is 6.93. The summed E-state index contributed by atoms with van der Waals surface area (Å²) >= 11 is 0. The van der Waals surface area contributed by atoms with Gasteiger partial charge in [0.15, 0.2) is 0 Å². The summed E-state index contributed by atoms with van der Waals surface area (Å²) in [6, 6.07) is 14.5. The summed E-state index contributed by atoms with van der Waals surface area (Å²) < 4.78 is 17.9. The van der Waals surface area contributed by atoms with E-state index in [1.807, 2.05) is 31.3 Å². The van der Waals surface area contributed by atoms with Crippen molar-refractivity contribution in [3.05, 3.63) is 93.3 Å². The minimum absolute atomic E-state index is 0.0486. The van der Waals surface area contributed by atoms with E-state index in [1.165, 1.54) is 12.1 Å². The number of nitrogens with zero attached hydrogens (tertiary/aromatic N) is 2. The van der Waals surface area contributed by atoms with Gasteiger partial charge in [-0.1, -0.05) is 30.3 Å². The van der Waals surface area contributed by atoms with Crippen molar-refractivity contribution in [2.45, 2.75) is 52.1 Å². The van der Waals surface area contributed by atoms with Crippen molar-refractivity contribution in [1.29, 1.82) is 0 Å². The highest BCUT2D eigenvalue weighted by molar-refractivity contribution is 5.99. The first-order valence-electron chi connectivity index (χ1n) is 11.7. The third kappa shape index (κ3) is 3.94. The van der Waals surface area contributed by atoms with Crippen LogP contribution in [0.5, 0.6) is 0 Å². The Morgan fingerprint density at radius 3 is 2.53 bits per heavy atom. The van der Waals surface area contributed by atoms with Gasteiger partial charge in [0.1, 0.15) is 12.4 Å². The molecule has 0 spiro atoms. The van der Waals surface area contributed by atoms with E-state index in [9.17, 15) is 19.1 Å². The first-order valence-corrected chi connectivity index (χ1v) is 11.7. The summed E-state index contributed by atoms with van der Waals surface area (Å²) in [6.07, 6.45) is 6.13. The summed E-state index contributed by atoms with van der Waals surface area (Å²) in [7, 11) is 0. The van der Waals surface area contributed by atoms with Crippen LogP contribution < -0.4 is 5.56 Å². The van der Waals surface area contributed by atoms with Crippen molar-refractivity contribution < 1.29 is 14.3 Å². The number of aromatic nitrogens is 2. The number of rotatable bonds is 6. The van der Waals surface area contributed by atoms with E-state index in [-0.39, 0.29) is 17.9 Å². The maximum atomic E-state index is 14.3. The van der Waals surface area contributed by atoms with Gasteiger partial charge in [-0.15, -0.1) is 0 Å². The number of carboxylic acid groups (broad SMARTS) is 1. The van der Waals surface area contributed by atoms with Crippen molar-refractivity contribution in [3.63, 3.8) is 0 Å². The highest BCUT2D eigenvalue weighted by Crippen LogP contribution is 2.39. The van der Waals surface area contributed by atoms with Crippen LogP contribution in [0.1, 0.15) is 35.2 Å². The molecular weight excluding hydrogens is 431 g/mol. The van der Waals surface area contributed by atoms with Gasteiger partial charge in [-0.3, -0.25) is 9.59 Å². The standard InChI is InChI=1S/C28H27FN2O3/c1-18-27(23-15-20(29)11-12-25(23)31(18)17-26(32)33)24-16-30(14-13-19-7-3-2-4-8-19)28(34)22-10-6-5-9-21(22)24/h2-4,7-8,11-12,15-16H,5-6,9-10,13-14,17H2,1H3,(H,32,33). The fourth-order valence-corrected chi connectivity index (χ4v) is 5.31. The SMILES string of the molecule is Cc1c(-c2cn(CCc3ccccc3)c(=O)c3c2CCCC3)c2cc(F)ccc2n1CC(=O)O. The molecule has 6 heteroatoms. The number of carbonyl (C=O) groups is 1. The quantitative estimate of drug-likeness (QED) is 0.436. The lowest BCUT2D eigenvalue weighted by Gasteiger charge is -2.22. The zero-order valence-corrected chi connectivity index (χ0v) is 19.2. The molecule has 0 unspecified atom stereocenters. The van der Waals surface area contributed by atoms with E-state index in [2.05, 4.69) is 12.1 Å². The van der Waals surface area contributed by atoms with E-state index in [0.717, 1.165) is 65.6 Å². The number of aliphatic carboxylic acids is 1. The first-order chi connectivity index (χ1) is 16.4. The van der Waals surface area contributed by atoms with Crippen LogP contribution in [0.4, 0.5) is 4.39 Å². The van der Waals surface area contributed by atoms with Gasteiger partial charge in [0.05, 0.1) is 0 Å². The zero-order valence-electron chi connectivity index (χ0n) is 19.2. The molecule has 2 heterocycles. The van der Waals surface area contributed by atoms with Crippen LogP contribution in [0, 0.1) is 12.7 Å². The highest BCUT2D eigenvalue weighted by atomic mass is 19.1. The van der Waals surface area contributed by atoms with E-state index in [0.29, 0.717) is 17.4 Å². The molecule has 174 valence electrons. The number of halogens is 1. The van der Waals surface area contributed by atoms with Crippen molar-refractivity contribution in [2.75, 3.05) is 0 Å². The van der Waals surface area contributed by atoms with Crippen LogP contribution in [-0.2, 0) is 37.1 Å². The Morgan fingerprint density at radius 2 is 1.79 bits per heavy atom. The number of hydrogen-bond donors (Lipinski definition) is 1. The smallest absolute Gasteiger partial charge is 0.323 e. The summed E-state index contributed by atoms with van der Waals surface area (Å²) in [5, 5.41) is 10.2. The molecule has 2 aromatic carbocycles. The lowest BCUT2D eigenvalue weighted by atomic mass is 9.86. The van der Waals surface area contributed by atoms with E-state index in [1.54, 1.807) is 15.2 Å². The normalized spacial score (nSPS) is 13.2. The molecule has 0 amide bonds.